The Balaban J connectivity index is 1.65. The summed E-state index contributed by atoms with van der Waals surface area (Å²) in [6.07, 6.45) is 8.25. The molecule has 0 heterocycles. The summed E-state index contributed by atoms with van der Waals surface area (Å²) in [5, 5.41) is 12.3. The van der Waals surface area contributed by atoms with E-state index in [0.29, 0.717) is 30.2 Å². The third-order valence-electron chi connectivity index (χ3n) is 9.16. The van der Waals surface area contributed by atoms with Gasteiger partial charge in [-0.15, -0.1) is 0 Å². The van der Waals surface area contributed by atoms with Crippen molar-refractivity contribution in [2.75, 3.05) is 18.6 Å². The summed E-state index contributed by atoms with van der Waals surface area (Å²) in [6.45, 7) is 7.64. The number of hydrogen-bond acceptors (Lipinski definition) is 6. The van der Waals surface area contributed by atoms with Crippen molar-refractivity contribution in [3.63, 3.8) is 0 Å². The summed E-state index contributed by atoms with van der Waals surface area (Å²) in [4.78, 5) is 28.1. The smallest absolute Gasteiger partial charge is 0.326 e. The predicted octanol–water partition coefficient (Wildman–Crippen LogP) is 6.91. The van der Waals surface area contributed by atoms with Gasteiger partial charge in [0.2, 0.25) is 0 Å². The number of rotatable bonds is 16. The maximum Gasteiger partial charge on any atom is 0.326 e. The molecule has 8 nitrogen and oxygen atoms in total. The molecule has 9 heteroatoms. The van der Waals surface area contributed by atoms with Crippen molar-refractivity contribution < 1.29 is 27.9 Å². The highest BCUT2D eigenvalue weighted by atomic mass is 32.2. The second-order valence-corrected chi connectivity index (χ2v) is 15.5. The molecule has 0 radical (unpaired) electrons. The molecule has 3 aromatic rings. The van der Waals surface area contributed by atoms with Gasteiger partial charge in [-0.05, 0) is 86.1 Å². The van der Waals surface area contributed by atoms with Crippen molar-refractivity contribution in [2.45, 2.75) is 90.4 Å². The Morgan fingerprint density at radius 1 is 0.957 bits per heavy atom. The molecule has 3 aromatic carbocycles. The summed E-state index contributed by atoms with van der Waals surface area (Å²) in [7, 11) is -3.40. The number of sulfone groups is 1. The highest BCUT2D eigenvalue weighted by Crippen LogP contribution is 2.32. The summed E-state index contributed by atoms with van der Waals surface area (Å²) in [6, 6.07) is 22.6. The zero-order valence-corrected chi connectivity index (χ0v) is 29.0. The van der Waals surface area contributed by atoms with E-state index in [1.807, 2.05) is 73.7 Å². The molecule has 0 bridgehead atoms. The van der Waals surface area contributed by atoms with Crippen molar-refractivity contribution in [3.8, 4) is 16.9 Å². The van der Waals surface area contributed by atoms with Gasteiger partial charge in [0.05, 0.1) is 5.75 Å². The predicted molar refractivity (Wildman–Crippen MR) is 187 cm³/mol. The largest absolute Gasteiger partial charge is 0.492 e. The molecular weight excluding hydrogens is 612 g/mol. The van der Waals surface area contributed by atoms with Crippen molar-refractivity contribution in [1.29, 1.82) is 0 Å². The van der Waals surface area contributed by atoms with Gasteiger partial charge in [0.1, 0.15) is 28.2 Å². The lowest BCUT2D eigenvalue weighted by molar-refractivity contribution is -0.139. The number of amides is 1. The van der Waals surface area contributed by atoms with Gasteiger partial charge in [-0.3, -0.25) is 9.69 Å². The molecule has 0 aliphatic heterocycles. The normalized spacial score (nSPS) is 15.4. The van der Waals surface area contributed by atoms with Gasteiger partial charge in [0, 0.05) is 30.4 Å². The van der Waals surface area contributed by atoms with Crippen LogP contribution in [0.25, 0.3) is 11.1 Å². The molecule has 2 atom stereocenters. The molecule has 0 aromatic heterocycles. The molecule has 0 unspecified atom stereocenters. The van der Waals surface area contributed by atoms with Gasteiger partial charge in [-0.1, -0.05) is 80.6 Å². The average Bonchev–Trinajstić information content (AvgIpc) is 3.04. The number of nitrogens with zero attached hydrogens (tertiary/aromatic N) is 1. The van der Waals surface area contributed by atoms with Gasteiger partial charge in [0.25, 0.3) is 5.91 Å². The molecule has 0 spiro atoms. The van der Waals surface area contributed by atoms with Crippen molar-refractivity contribution in [1.82, 2.24) is 10.2 Å². The van der Waals surface area contributed by atoms with Gasteiger partial charge in [-0.2, -0.15) is 0 Å². The maximum absolute atomic E-state index is 13.6. The van der Waals surface area contributed by atoms with Gasteiger partial charge in [0.15, 0.2) is 0 Å². The highest BCUT2D eigenvalue weighted by molar-refractivity contribution is 7.90. The number of aryl methyl sites for hydroxylation is 1. The Morgan fingerprint density at radius 2 is 1.64 bits per heavy atom. The molecular formula is C38H50N2O6S. The third-order valence-corrected chi connectivity index (χ3v) is 10.1. The Hall–Kier alpha value is -3.69. The van der Waals surface area contributed by atoms with E-state index in [9.17, 15) is 23.1 Å². The number of para-hydroxylation sites is 1. The van der Waals surface area contributed by atoms with Crippen molar-refractivity contribution >= 4 is 21.7 Å². The van der Waals surface area contributed by atoms with Gasteiger partial charge in [-0.25, -0.2) is 13.2 Å². The van der Waals surface area contributed by atoms with Crippen LogP contribution in [-0.4, -0.2) is 67.0 Å². The molecule has 4 rings (SSSR count). The molecule has 1 aliphatic rings. The second kappa shape index (κ2) is 16.9. The summed E-state index contributed by atoms with van der Waals surface area (Å²) >= 11 is 0. The van der Waals surface area contributed by atoms with E-state index in [1.165, 1.54) is 32.1 Å². The summed E-state index contributed by atoms with van der Waals surface area (Å²) in [5.74, 6) is -0.645. The van der Waals surface area contributed by atoms with E-state index in [1.54, 1.807) is 6.07 Å². The van der Waals surface area contributed by atoms with E-state index in [0.717, 1.165) is 35.1 Å². The lowest BCUT2D eigenvalue weighted by Crippen LogP contribution is -2.44. The zero-order chi connectivity index (χ0) is 34.0. The van der Waals surface area contributed by atoms with Crippen LogP contribution in [0, 0.1) is 12.8 Å². The lowest BCUT2D eigenvalue weighted by atomic mass is 9.84. The minimum Gasteiger partial charge on any atom is -0.492 e. The number of nitrogens with one attached hydrogen (secondary N) is 1. The number of carboxylic acids is 1. The SMILES string of the molecule is Cc1ccccc1-c1cc(CN(C(C)C)[C@@H](COc2ccccc2)CC2CCCCC2)ccc1C(=O)N[C@@H](CCS(C)(=O)=O)C(=O)O. The van der Waals surface area contributed by atoms with Crippen LogP contribution >= 0.6 is 0 Å². The second-order valence-electron chi connectivity index (χ2n) is 13.3. The molecule has 1 aliphatic carbocycles. The molecule has 1 saturated carbocycles. The molecule has 2 N–H and O–H groups in total. The molecule has 0 saturated heterocycles. The first-order chi connectivity index (χ1) is 22.4. The van der Waals surface area contributed by atoms with Crippen LogP contribution < -0.4 is 10.1 Å². The monoisotopic (exact) mass is 662 g/mol. The molecule has 47 heavy (non-hydrogen) atoms. The standard InChI is InChI=1S/C38H50N2O6S/c1-27(2)40(31(23-29-14-7-5-8-15-29)26-46-32-16-9-6-10-17-32)25-30-19-20-34(35(24-30)33-18-12-11-13-28(33)3)37(41)39-36(38(42)43)21-22-47(4,44)45/h6,9-13,16-20,24,27,29,31,36H,5,7-8,14-15,21-23,25-26H2,1-4H3,(H,39,41)(H,42,43)/t31-,36+/m1/s1. The Morgan fingerprint density at radius 3 is 2.28 bits per heavy atom. The fourth-order valence-corrected chi connectivity index (χ4v) is 7.23. The van der Waals surface area contributed by atoms with E-state index >= 15 is 0 Å². The Kier molecular flexibility index (Phi) is 13.0. The molecule has 1 amide bonds. The van der Waals surface area contributed by atoms with Crippen LogP contribution in [0.5, 0.6) is 5.75 Å². The quantitative estimate of drug-likeness (QED) is 0.171. The molecule has 1 fully saturated rings. The number of ether oxygens (including phenoxy) is 1. The topological polar surface area (TPSA) is 113 Å². The Labute approximate surface area is 280 Å². The zero-order valence-electron chi connectivity index (χ0n) is 28.2. The lowest BCUT2D eigenvalue weighted by Gasteiger charge is -2.38. The fourth-order valence-electron chi connectivity index (χ4n) is 6.57. The number of aliphatic carboxylic acids is 1. The summed E-state index contributed by atoms with van der Waals surface area (Å²) in [5.41, 5.74) is 3.95. The summed E-state index contributed by atoms with van der Waals surface area (Å²) < 4.78 is 29.8. The number of benzene rings is 3. The number of carbonyl (C=O) groups excluding carboxylic acids is 1. The first kappa shape index (κ1) is 36.2. The van der Waals surface area contributed by atoms with Crippen molar-refractivity contribution in [2.24, 2.45) is 5.92 Å². The van der Waals surface area contributed by atoms with Crippen LogP contribution in [0.1, 0.15) is 80.3 Å². The highest BCUT2D eigenvalue weighted by Gasteiger charge is 2.28. The van der Waals surface area contributed by atoms with Crippen LogP contribution in [0.4, 0.5) is 0 Å². The van der Waals surface area contributed by atoms with E-state index < -0.39 is 27.8 Å². The first-order valence-corrected chi connectivity index (χ1v) is 18.8. The van der Waals surface area contributed by atoms with Crippen LogP contribution in [-0.2, 0) is 21.2 Å². The minimum atomic E-state index is -3.40. The fraction of sp³-hybridized carbons (Fsp3) is 0.474. The van der Waals surface area contributed by atoms with E-state index in [4.69, 9.17) is 4.74 Å². The van der Waals surface area contributed by atoms with Crippen molar-refractivity contribution in [3.05, 3.63) is 89.5 Å². The average molecular weight is 663 g/mol. The third kappa shape index (κ3) is 10.9. The number of carboxylic acid groups (broad SMARTS) is 1. The number of carbonyl (C=O) groups is 2. The number of hydrogen-bond donors (Lipinski definition) is 2. The first-order valence-electron chi connectivity index (χ1n) is 16.7. The van der Waals surface area contributed by atoms with E-state index in [2.05, 4.69) is 24.1 Å². The van der Waals surface area contributed by atoms with Gasteiger partial charge >= 0.3 is 5.97 Å². The molecule has 254 valence electrons. The maximum atomic E-state index is 13.6. The Bertz CT molecular complexity index is 1580. The van der Waals surface area contributed by atoms with Crippen LogP contribution in [0.2, 0.25) is 0 Å². The van der Waals surface area contributed by atoms with Crippen LogP contribution in [0.15, 0.2) is 72.8 Å². The van der Waals surface area contributed by atoms with Gasteiger partial charge < -0.3 is 15.2 Å². The van der Waals surface area contributed by atoms with E-state index in [-0.39, 0.29) is 24.3 Å². The minimum absolute atomic E-state index is 0.189. The van der Waals surface area contributed by atoms with Crippen LogP contribution in [0.3, 0.4) is 0 Å².